The Kier molecular flexibility index (Phi) is 2.38. The van der Waals surface area contributed by atoms with E-state index in [-0.39, 0.29) is 6.10 Å². The smallest absolute Gasteiger partial charge is 0.408 e. The van der Waals surface area contributed by atoms with Gasteiger partial charge in [-0.05, 0) is 12.1 Å². The molecule has 0 saturated carbocycles. The van der Waals surface area contributed by atoms with Crippen molar-refractivity contribution in [3.05, 3.63) is 28.7 Å². The summed E-state index contributed by atoms with van der Waals surface area (Å²) in [7, 11) is 0. The highest BCUT2D eigenvalue weighted by atomic mass is 16.5. The molecule has 1 saturated heterocycles. The van der Waals surface area contributed by atoms with Gasteiger partial charge in [0.15, 0.2) is 5.58 Å². The number of rotatable bonds is 2. The molecule has 0 bridgehead atoms. The van der Waals surface area contributed by atoms with Gasteiger partial charge in [-0.3, -0.25) is 4.98 Å². The fourth-order valence-corrected chi connectivity index (χ4v) is 2.00. The van der Waals surface area contributed by atoms with Crippen LogP contribution in [0.1, 0.15) is 0 Å². The van der Waals surface area contributed by atoms with Crippen LogP contribution in [-0.4, -0.2) is 30.9 Å². The predicted octanol–water partition coefficient (Wildman–Crippen LogP) is 0.242. The lowest BCUT2D eigenvalue weighted by Gasteiger charge is -2.15. The van der Waals surface area contributed by atoms with E-state index in [0.717, 1.165) is 12.2 Å². The third-order valence-electron chi connectivity index (χ3n) is 2.92. The number of benzene rings is 1. The van der Waals surface area contributed by atoms with E-state index < -0.39 is 5.76 Å². The van der Waals surface area contributed by atoms with E-state index in [4.69, 9.17) is 14.9 Å². The van der Waals surface area contributed by atoms with Gasteiger partial charge in [-0.25, -0.2) is 4.79 Å². The first-order valence-electron chi connectivity index (χ1n) is 5.46. The fraction of sp³-hybridized carbons (Fsp3) is 0.364. The number of ether oxygens (including phenoxy) is 1. The van der Waals surface area contributed by atoms with Crippen LogP contribution in [0.15, 0.2) is 27.4 Å². The number of fused-ring (bicyclic) bond motifs is 1. The van der Waals surface area contributed by atoms with Gasteiger partial charge in [0.1, 0.15) is 6.73 Å². The van der Waals surface area contributed by atoms with Crippen molar-refractivity contribution < 1.29 is 9.15 Å². The third kappa shape index (κ3) is 1.81. The van der Waals surface area contributed by atoms with Gasteiger partial charge in [0, 0.05) is 24.8 Å². The van der Waals surface area contributed by atoms with E-state index in [1.54, 1.807) is 0 Å². The molecule has 0 spiro atoms. The summed E-state index contributed by atoms with van der Waals surface area (Å²) in [6.07, 6.45) is 0.0731. The molecule has 1 aromatic carbocycles. The zero-order valence-electron chi connectivity index (χ0n) is 9.18. The first kappa shape index (κ1) is 10.4. The average molecular weight is 235 g/mol. The number of nitrogens with one attached hydrogen (secondary N) is 1. The number of hydrogen-bond acceptors (Lipinski definition) is 5. The molecule has 6 nitrogen and oxygen atoms in total. The normalized spacial score (nSPS) is 20.3. The van der Waals surface area contributed by atoms with Crippen LogP contribution in [0, 0.1) is 0 Å². The van der Waals surface area contributed by atoms with Crippen LogP contribution in [0.2, 0.25) is 0 Å². The standard InChI is InChI=1S/C11H13N3O3/c12-4-8-5-14(6-16-8)7-1-2-9-10(3-7)17-11(15)13-9/h1-3,8H,4-6,12H2,(H,13,15)/t8-/m0/s1. The van der Waals surface area contributed by atoms with E-state index in [9.17, 15) is 4.79 Å². The number of H-pyrrole nitrogens is 1. The number of aromatic nitrogens is 1. The predicted molar refractivity (Wildman–Crippen MR) is 63.0 cm³/mol. The van der Waals surface area contributed by atoms with Gasteiger partial charge in [0.25, 0.3) is 0 Å². The van der Waals surface area contributed by atoms with Crippen molar-refractivity contribution >= 4 is 16.8 Å². The van der Waals surface area contributed by atoms with Crippen molar-refractivity contribution in [1.82, 2.24) is 4.98 Å². The quantitative estimate of drug-likeness (QED) is 0.779. The minimum atomic E-state index is -0.436. The van der Waals surface area contributed by atoms with E-state index >= 15 is 0 Å². The maximum absolute atomic E-state index is 11.0. The number of nitrogens with zero attached hydrogens (tertiary/aromatic N) is 1. The minimum Gasteiger partial charge on any atom is -0.408 e. The van der Waals surface area contributed by atoms with Crippen LogP contribution in [0.3, 0.4) is 0 Å². The van der Waals surface area contributed by atoms with E-state index in [0.29, 0.717) is 24.4 Å². The van der Waals surface area contributed by atoms with Gasteiger partial charge >= 0.3 is 5.76 Å². The van der Waals surface area contributed by atoms with E-state index in [1.165, 1.54) is 0 Å². The zero-order valence-corrected chi connectivity index (χ0v) is 9.18. The van der Waals surface area contributed by atoms with Crippen molar-refractivity contribution in [2.75, 3.05) is 24.7 Å². The molecule has 6 heteroatoms. The summed E-state index contributed by atoms with van der Waals surface area (Å²) >= 11 is 0. The van der Waals surface area contributed by atoms with Crippen molar-refractivity contribution in [2.24, 2.45) is 5.73 Å². The highest BCUT2D eigenvalue weighted by Gasteiger charge is 2.22. The molecule has 90 valence electrons. The molecule has 0 amide bonds. The topological polar surface area (TPSA) is 84.5 Å². The Bertz CT molecular complexity index is 589. The van der Waals surface area contributed by atoms with E-state index in [1.807, 2.05) is 18.2 Å². The SMILES string of the molecule is NC[C@H]1CN(c2ccc3[nH]c(=O)oc3c2)CO1. The number of nitrogens with two attached hydrogens (primary N) is 1. The van der Waals surface area contributed by atoms with Crippen molar-refractivity contribution in [3.63, 3.8) is 0 Å². The molecule has 1 aliphatic heterocycles. The third-order valence-corrected chi connectivity index (χ3v) is 2.92. The number of anilines is 1. The number of hydrogen-bond donors (Lipinski definition) is 2. The molecular formula is C11H13N3O3. The van der Waals surface area contributed by atoms with Crippen molar-refractivity contribution in [2.45, 2.75) is 6.10 Å². The summed E-state index contributed by atoms with van der Waals surface area (Å²) in [5.74, 6) is -0.436. The molecule has 3 rings (SSSR count). The Hall–Kier alpha value is -1.79. The summed E-state index contributed by atoms with van der Waals surface area (Å²) in [6.45, 7) is 1.79. The molecule has 3 N–H and O–H groups in total. The average Bonchev–Trinajstić information content (AvgIpc) is 2.92. The van der Waals surface area contributed by atoms with Crippen LogP contribution in [-0.2, 0) is 4.74 Å². The van der Waals surface area contributed by atoms with Crippen LogP contribution >= 0.6 is 0 Å². The zero-order chi connectivity index (χ0) is 11.8. The molecule has 0 aliphatic carbocycles. The molecule has 2 aromatic rings. The summed E-state index contributed by atoms with van der Waals surface area (Å²) in [6, 6.07) is 5.58. The monoisotopic (exact) mass is 235 g/mol. The molecule has 1 atom stereocenters. The lowest BCUT2D eigenvalue weighted by molar-refractivity contribution is 0.122. The molecular weight excluding hydrogens is 222 g/mol. The van der Waals surface area contributed by atoms with E-state index in [2.05, 4.69) is 9.88 Å². The Labute approximate surface area is 97.0 Å². The van der Waals surface area contributed by atoms with Crippen molar-refractivity contribution in [1.29, 1.82) is 0 Å². The highest BCUT2D eigenvalue weighted by Crippen LogP contribution is 2.23. The summed E-state index contributed by atoms with van der Waals surface area (Å²) in [4.78, 5) is 15.7. The Morgan fingerprint density at radius 3 is 3.18 bits per heavy atom. The number of aromatic amines is 1. The van der Waals surface area contributed by atoms with Crippen molar-refractivity contribution in [3.8, 4) is 0 Å². The van der Waals surface area contributed by atoms with Gasteiger partial charge < -0.3 is 19.8 Å². The Morgan fingerprint density at radius 2 is 2.41 bits per heavy atom. The first-order valence-corrected chi connectivity index (χ1v) is 5.46. The molecule has 0 radical (unpaired) electrons. The highest BCUT2D eigenvalue weighted by molar-refractivity contribution is 5.77. The van der Waals surface area contributed by atoms with Crippen LogP contribution < -0.4 is 16.4 Å². The van der Waals surface area contributed by atoms with Gasteiger partial charge in [-0.2, -0.15) is 0 Å². The minimum absolute atomic E-state index is 0.0731. The molecule has 1 aliphatic rings. The molecule has 1 fully saturated rings. The Balaban J connectivity index is 1.93. The Morgan fingerprint density at radius 1 is 1.53 bits per heavy atom. The second-order valence-corrected chi connectivity index (χ2v) is 4.07. The summed E-state index contributed by atoms with van der Waals surface area (Å²) in [5.41, 5.74) is 7.78. The van der Waals surface area contributed by atoms with Crippen LogP contribution in [0.25, 0.3) is 11.1 Å². The van der Waals surface area contributed by atoms with Gasteiger partial charge in [0.2, 0.25) is 0 Å². The van der Waals surface area contributed by atoms with Gasteiger partial charge in [0.05, 0.1) is 11.6 Å². The van der Waals surface area contributed by atoms with Crippen LogP contribution in [0.4, 0.5) is 5.69 Å². The molecule has 1 aromatic heterocycles. The summed E-state index contributed by atoms with van der Waals surface area (Å²) in [5, 5.41) is 0. The largest absolute Gasteiger partial charge is 0.417 e. The molecule has 0 unspecified atom stereocenters. The maximum atomic E-state index is 11.0. The lowest BCUT2D eigenvalue weighted by Crippen LogP contribution is -2.26. The second-order valence-electron chi connectivity index (χ2n) is 4.07. The van der Waals surface area contributed by atoms with Gasteiger partial charge in [-0.1, -0.05) is 0 Å². The number of oxazole rings is 1. The second kappa shape index (κ2) is 3.90. The van der Waals surface area contributed by atoms with Gasteiger partial charge in [-0.15, -0.1) is 0 Å². The molecule has 17 heavy (non-hydrogen) atoms. The maximum Gasteiger partial charge on any atom is 0.417 e. The first-order chi connectivity index (χ1) is 8.26. The van der Waals surface area contributed by atoms with Crippen LogP contribution in [0.5, 0.6) is 0 Å². The molecule has 2 heterocycles. The summed E-state index contributed by atoms with van der Waals surface area (Å²) < 4.78 is 10.5. The lowest BCUT2D eigenvalue weighted by atomic mass is 10.2. The fourth-order valence-electron chi connectivity index (χ4n) is 2.00.